The number of carboxylic acids is 1. The molecule has 11 heteroatoms. The first-order valence-corrected chi connectivity index (χ1v) is 15.7. The number of carbonyl (C=O) groups is 4. The number of rotatable bonds is 12. The van der Waals surface area contributed by atoms with Gasteiger partial charge in [0.2, 0.25) is 5.91 Å². The molecule has 0 spiro atoms. The number of amides is 2. The lowest BCUT2D eigenvalue weighted by molar-refractivity contribution is -0.137. The van der Waals surface area contributed by atoms with Crippen LogP contribution in [-0.4, -0.2) is 52.7 Å². The van der Waals surface area contributed by atoms with Gasteiger partial charge in [-0.3, -0.25) is 19.8 Å². The maximum absolute atomic E-state index is 13.7. The van der Waals surface area contributed by atoms with Crippen LogP contribution in [0.25, 0.3) is 22.4 Å². The number of anilines is 2. The minimum atomic E-state index is -0.979. The number of aliphatic carboxylic acids is 1. The number of nitrogens with two attached hydrogens (primary N) is 1. The highest BCUT2D eigenvalue weighted by atomic mass is 16.4. The molecule has 0 saturated heterocycles. The first-order chi connectivity index (χ1) is 23.0. The molecule has 254 valence electrons. The number of hydrogen-bond acceptors (Lipinski definition) is 6. The highest BCUT2D eigenvalue weighted by molar-refractivity contribution is 6.12. The Morgan fingerprint density at radius 2 is 1.46 bits per heavy atom. The lowest BCUT2D eigenvalue weighted by atomic mass is 9.99. The molecule has 1 aromatic heterocycles. The van der Waals surface area contributed by atoms with Gasteiger partial charge in [-0.05, 0) is 55.7 Å². The van der Waals surface area contributed by atoms with Crippen molar-refractivity contribution < 1.29 is 24.3 Å². The van der Waals surface area contributed by atoms with Crippen molar-refractivity contribution in [2.24, 2.45) is 5.73 Å². The molecule has 48 heavy (non-hydrogen) atoms. The fourth-order valence-corrected chi connectivity index (χ4v) is 4.98. The van der Waals surface area contributed by atoms with E-state index in [1.54, 1.807) is 24.3 Å². The van der Waals surface area contributed by atoms with Crippen LogP contribution in [0.3, 0.4) is 0 Å². The topological polar surface area (TPSA) is 179 Å². The monoisotopic (exact) mass is 654 g/mol. The summed E-state index contributed by atoms with van der Waals surface area (Å²) in [7, 11) is 1.85. The number of hydrogen-bond donors (Lipinski definition) is 6. The van der Waals surface area contributed by atoms with Crippen LogP contribution in [0.5, 0.6) is 0 Å². The molecule has 7 N–H and O–H groups in total. The van der Waals surface area contributed by atoms with Crippen LogP contribution in [0.1, 0.15) is 69.6 Å². The van der Waals surface area contributed by atoms with Crippen LogP contribution in [-0.2, 0) is 14.4 Å². The SMILES string of the molecule is CC.CC(=O)NC(C=O)CCC(=O)O.CNc1c(-c2ccccc2)c(-c2ccccc2)n(C(C)C)c1C(=O)Nc1ccc(C(=N)N)cc1. The predicted molar refractivity (Wildman–Crippen MR) is 193 cm³/mol. The van der Waals surface area contributed by atoms with E-state index in [4.69, 9.17) is 16.2 Å². The molecule has 0 aliphatic rings. The van der Waals surface area contributed by atoms with Crippen molar-refractivity contribution in [3.63, 3.8) is 0 Å². The van der Waals surface area contributed by atoms with Crippen LogP contribution < -0.4 is 21.7 Å². The Kier molecular flexibility index (Phi) is 15.3. The maximum atomic E-state index is 13.7. The van der Waals surface area contributed by atoms with Crippen LogP contribution in [0.4, 0.5) is 11.4 Å². The lowest BCUT2D eigenvalue weighted by Crippen LogP contribution is -2.34. The molecule has 4 rings (SSSR count). The first kappa shape index (κ1) is 38.5. The van der Waals surface area contributed by atoms with Gasteiger partial charge >= 0.3 is 5.97 Å². The van der Waals surface area contributed by atoms with Crippen molar-refractivity contribution in [2.45, 2.75) is 59.5 Å². The Bertz CT molecular complexity index is 1670. The van der Waals surface area contributed by atoms with Gasteiger partial charge in [-0.1, -0.05) is 74.5 Å². The van der Waals surface area contributed by atoms with Crippen molar-refractivity contribution in [3.8, 4) is 22.4 Å². The summed E-state index contributed by atoms with van der Waals surface area (Å²) in [5, 5.41) is 24.5. The van der Waals surface area contributed by atoms with E-state index in [2.05, 4.69) is 58.6 Å². The molecule has 0 fully saturated rings. The van der Waals surface area contributed by atoms with Crippen LogP contribution in [0.15, 0.2) is 84.9 Å². The number of aromatic nitrogens is 1. The van der Waals surface area contributed by atoms with E-state index in [1.807, 2.05) is 57.3 Å². The quantitative estimate of drug-likeness (QED) is 0.0568. The number of carbonyl (C=O) groups excluding carboxylic acids is 3. The average molecular weight is 655 g/mol. The number of nitrogens with zero attached hydrogens (tertiary/aromatic N) is 1. The zero-order valence-electron chi connectivity index (χ0n) is 28.3. The van der Waals surface area contributed by atoms with Crippen LogP contribution >= 0.6 is 0 Å². The Hall–Kier alpha value is -5.71. The van der Waals surface area contributed by atoms with E-state index in [1.165, 1.54) is 6.92 Å². The Morgan fingerprint density at radius 1 is 0.917 bits per heavy atom. The number of amidine groups is 1. The van der Waals surface area contributed by atoms with E-state index in [0.29, 0.717) is 23.2 Å². The van der Waals surface area contributed by atoms with Gasteiger partial charge in [0.25, 0.3) is 5.91 Å². The smallest absolute Gasteiger partial charge is 0.303 e. The molecule has 0 radical (unpaired) electrons. The maximum Gasteiger partial charge on any atom is 0.303 e. The summed E-state index contributed by atoms with van der Waals surface area (Å²) >= 11 is 0. The van der Waals surface area contributed by atoms with Gasteiger partial charge in [0, 0.05) is 43.2 Å². The second kappa shape index (κ2) is 19.1. The summed E-state index contributed by atoms with van der Waals surface area (Å²) in [5.74, 6) is -1.54. The Balaban J connectivity index is 0.000000485. The highest BCUT2D eigenvalue weighted by Crippen LogP contribution is 2.44. The number of carboxylic acid groups (broad SMARTS) is 1. The molecular formula is C37H46N6O5. The van der Waals surface area contributed by atoms with Crippen molar-refractivity contribution in [3.05, 3.63) is 96.2 Å². The average Bonchev–Trinajstić information content (AvgIpc) is 3.44. The largest absolute Gasteiger partial charge is 0.481 e. The zero-order chi connectivity index (χ0) is 35.8. The molecule has 11 nitrogen and oxygen atoms in total. The summed E-state index contributed by atoms with van der Waals surface area (Å²) in [6.45, 7) is 9.44. The van der Waals surface area contributed by atoms with E-state index in [0.717, 1.165) is 28.1 Å². The Labute approximate surface area is 282 Å². The molecule has 1 unspecified atom stereocenters. The second-order valence-electron chi connectivity index (χ2n) is 10.7. The second-order valence-corrected chi connectivity index (χ2v) is 10.7. The number of aldehydes is 1. The first-order valence-electron chi connectivity index (χ1n) is 15.7. The predicted octanol–water partition coefficient (Wildman–Crippen LogP) is 6.56. The van der Waals surface area contributed by atoms with E-state index in [-0.39, 0.29) is 36.5 Å². The molecule has 2 amide bonds. The molecule has 0 aliphatic carbocycles. The van der Waals surface area contributed by atoms with Gasteiger partial charge in [0.15, 0.2) is 0 Å². The number of benzene rings is 3. The number of nitrogens with one attached hydrogen (secondary N) is 4. The molecule has 0 bridgehead atoms. The van der Waals surface area contributed by atoms with Crippen LogP contribution in [0, 0.1) is 5.41 Å². The molecular weight excluding hydrogens is 608 g/mol. The van der Waals surface area contributed by atoms with Gasteiger partial charge in [-0.15, -0.1) is 0 Å². The van der Waals surface area contributed by atoms with Crippen LogP contribution in [0.2, 0.25) is 0 Å². The third-order valence-electron chi connectivity index (χ3n) is 6.97. The van der Waals surface area contributed by atoms with Crippen molar-refractivity contribution in [2.75, 3.05) is 17.7 Å². The highest BCUT2D eigenvalue weighted by Gasteiger charge is 2.29. The summed E-state index contributed by atoms with van der Waals surface area (Å²) in [6, 6.07) is 26.6. The molecule has 0 saturated carbocycles. The van der Waals surface area contributed by atoms with Crippen molar-refractivity contribution in [1.82, 2.24) is 9.88 Å². The fraction of sp³-hybridized carbons (Fsp3) is 0.270. The van der Waals surface area contributed by atoms with E-state index >= 15 is 0 Å². The van der Waals surface area contributed by atoms with Gasteiger partial charge in [0.1, 0.15) is 17.8 Å². The van der Waals surface area contributed by atoms with E-state index < -0.39 is 12.0 Å². The standard InChI is InChI=1S/C28H29N5O.C7H11NO4.C2H6/c1-18(2)33-25(20-12-8-5-9-13-20)23(19-10-6-4-7-11-19)24(31-3)26(33)28(34)32-22-16-14-21(15-17-22)27(29)30;1-5(10)8-6(4-9)2-3-7(11)12;1-2/h4-18,31H,1-3H3,(H3,29,30)(H,32,34);4,6H,2-3H2,1H3,(H,8,10)(H,11,12);1-2H3. The van der Waals surface area contributed by atoms with Gasteiger partial charge < -0.3 is 36.2 Å². The zero-order valence-corrected chi connectivity index (χ0v) is 28.3. The van der Waals surface area contributed by atoms with Crippen molar-refractivity contribution >= 4 is 41.3 Å². The molecule has 4 aromatic rings. The third kappa shape index (κ3) is 10.4. The molecule has 0 aliphatic heterocycles. The lowest BCUT2D eigenvalue weighted by Gasteiger charge is -2.18. The number of nitrogen functional groups attached to an aromatic ring is 1. The summed E-state index contributed by atoms with van der Waals surface area (Å²) < 4.78 is 2.10. The minimum Gasteiger partial charge on any atom is -0.481 e. The summed E-state index contributed by atoms with van der Waals surface area (Å²) in [5.41, 5.74) is 12.2. The fourth-order valence-electron chi connectivity index (χ4n) is 4.98. The summed E-state index contributed by atoms with van der Waals surface area (Å²) in [6.07, 6.45) is 0.548. The normalized spacial score (nSPS) is 10.7. The Morgan fingerprint density at radius 3 is 1.90 bits per heavy atom. The van der Waals surface area contributed by atoms with Crippen molar-refractivity contribution in [1.29, 1.82) is 5.41 Å². The van der Waals surface area contributed by atoms with Gasteiger partial charge in [-0.2, -0.15) is 0 Å². The molecule has 1 atom stereocenters. The van der Waals surface area contributed by atoms with Gasteiger partial charge in [-0.25, -0.2) is 0 Å². The van der Waals surface area contributed by atoms with E-state index in [9.17, 15) is 19.2 Å². The van der Waals surface area contributed by atoms with Gasteiger partial charge in [0.05, 0.1) is 17.4 Å². The third-order valence-corrected chi connectivity index (χ3v) is 6.97. The molecule has 1 heterocycles. The minimum absolute atomic E-state index is 0.0102. The summed E-state index contributed by atoms with van der Waals surface area (Å²) in [4.78, 5) is 44.5. The molecule has 3 aromatic carbocycles.